The zero-order valence-electron chi connectivity index (χ0n) is 14.1. The van der Waals surface area contributed by atoms with E-state index in [1.807, 2.05) is 60.7 Å². The summed E-state index contributed by atoms with van der Waals surface area (Å²) in [6.07, 6.45) is 0.571. The zero-order valence-corrected chi connectivity index (χ0v) is 14.1. The van der Waals surface area contributed by atoms with Crippen molar-refractivity contribution in [2.45, 2.75) is 44.2 Å². The van der Waals surface area contributed by atoms with Crippen LogP contribution in [0.5, 0.6) is 0 Å². The first-order valence-corrected chi connectivity index (χ1v) is 8.36. The van der Waals surface area contributed by atoms with Crippen molar-refractivity contribution in [2.24, 2.45) is 0 Å². The molecule has 1 aliphatic heterocycles. The molecule has 1 saturated heterocycles. The highest BCUT2D eigenvalue weighted by atomic mass is 16.7. The maximum absolute atomic E-state index is 11.6. The largest absolute Gasteiger partial charge is 0.374 e. The standard InChI is InChI=1S/C19H22N2O4/c1-19(22)13-12-17(21(23)24)18(16-10-6-3-7-11-16)20(19)25-14-15-8-4-2-5-9-15/h2-11,17-18,22H,12-14H2,1H3/t17-,18+,19+/m0/s1. The number of piperidine rings is 1. The fourth-order valence-electron chi connectivity index (χ4n) is 3.31. The molecule has 2 aromatic rings. The van der Waals surface area contributed by atoms with Crippen LogP contribution in [0, 0.1) is 10.1 Å². The number of nitrogens with zero attached hydrogens (tertiary/aromatic N) is 2. The van der Waals surface area contributed by atoms with Crippen LogP contribution in [-0.2, 0) is 11.4 Å². The highest BCUT2D eigenvalue weighted by molar-refractivity contribution is 5.21. The first-order chi connectivity index (χ1) is 12.0. The van der Waals surface area contributed by atoms with Gasteiger partial charge in [-0.2, -0.15) is 0 Å². The lowest BCUT2D eigenvalue weighted by Crippen LogP contribution is -2.56. The quantitative estimate of drug-likeness (QED) is 0.666. The Kier molecular flexibility index (Phi) is 5.13. The van der Waals surface area contributed by atoms with Gasteiger partial charge < -0.3 is 5.11 Å². The van der Waals surface area contributed by atoms with Gasteiger partial charge in [-0.05, 0) is 24.5 Å². The van der Waals surface area contributed by atoms with Crippen LogP contribution in [0.15, 0.2) is 60.7 Å². The Morgan fingerprint density at radius 3 is 2.40 bits per heavy atom. The Balaban J connectivity index is 1.91. The summed E-state index contributed by atoms with van der Waals surface area (Å²) in [7, 11) is 0. The molecule has 25 heavy (non-hydrogen) atoms. The van der Waals surface area contributed by atoms with E-state index >= 15 is 0 Å². The van der Waals surface area contributed by atoms with Crippen LogP contribution in [0.25, 0.3) is 0 Å². The van der Waals surface area contributed by atoms with Crippen molar-refractivity contribution in [3.63, 3.8) is 0 Å². The number of benzene rings is 2. The third kappa shape index (κ3) is 3.87. The second-order valence-corrected chi connectivity index (χ2v) is 6.55. The predicted molar refractivity (Wildman–Crippen MR) is 92.9 cm³/mol. The summed E-state index contributed by atoms with van der Waals surface area (Å²) in [6, 6.07) is 17.3. The monoisotopic (exact) mass is 342 g/mol. The molecule has 3 atom stereocenters. The van der Waals surface area contributed by atoms with Gasteiger partial charge in [-0.3, -0.25) is 15.0 Å². The number of nitro groups is 1. The van der Waals surface area contributed by atoms with Crippen LogP contribution in [0.3, 0.4) is 0 Å². The van der Waals surface area contributed by atoms with Gasteiger partial charge in [0.2, 0.25) is 6.04 Å². The Hall–Kier alpha value is -2.28. The van der Waals surface area contributed by atoms with Gasteiger partial charge in [-0.15, -0.1) is 5.06 Å². The second kappa shape index (κ2) is 7.31. The molecule has 0 aliphatic carbocycles. The predicted octanol–water partition coefficient (Wildman–Crippen LogP) is 3.31. The van der Waals surface area contributed by atoms with Gasteiger partial charge in [0.15, 0.2) is 0 Å². The van der Waals surface area contributed by atoms with Crippen LogP contribution in [-0.4, -0.2) is 26.9 Å². The molecule has 6 heteroatoms. The van der Waals surface area contributed by atoms with Gasteiger partial charge in [-0.25, -0.2) is 0 Å². The minimum atomic E-state index is -1.28. The molecular formula is C19H22N2O4. The molecule has 1 N–H and O–H groups in total. The summed E-state index contributed by atoms with van der Waals surface area (Å²) in [5, 5.41) is 23.8. The van der Waals surface area contributed by atoms with Crippen molar-refractivity contribution < 1.29 is 14.9 Å². The maximum Gasteiger partial charge on any atom is 0.235 e. The van der Waals surface area contributed by atoms with Gasteiger partial charge >= 0.3 is 0 Å². The third-order valence-corrected chi connectivity index (χ3v) is 4.63. The fraction of sp³-hybridized carbons (Fsp3) is 0.368. The molecule has 1 fully saturated rings. The van der Waals surface area contributed by atoms with Crippen molar-refractivity contribution in [1.82, 2.24) is 5.06 Å². The van der Waals surface area contributed by atoms with E-state index in [9.17, 15) is 15.2 Å². The lowest BCUT2D eigenvalue weighted by atomic mass is 9.87. The maximum atomic E-state index is 11.6. The molecule has 0 amide bonds. The first-order valence-electron chi connectivity index (χ1n) is 8.36. The number of hydrogen-bond donors (Lipinski definition) is 1. The van der Waals surface area contributed by atoms with Crippen molar-refractivity contribution in [3.05, 3.63) is 81.9 Å². The lowest BCUT2D eigenvalue weighted by Gasteiger charge is -2.45. The van der Waals surface area contributed by atoms with Gasteiger partial charge in [0, 0.05) is 11.3 Å². The molecule has 0 aromatic heterocycles. The molecule has 1 aliphatic rings. The van der Waals surface area contributed by atoms with E-state index in [0.717, 1.165) is 11.1 Å². The molecule has 1 heterocycles. The summed E-state index contributed by atoms with van der Waals surface area (Å²) in [5.74, 6) is 0. The Bertz CT molecular complexity index is 706. The number of rotatable bonds is 5. The SMILES string of the molecule is C[C@@]1(O)CC[C@H]([N+](=O)[O-])[C@@H](c2ccccc2)N1OCc1ccccc1. The highest BCUT2D eigenvalue weighted by Gasteiger charge is 2.50. The summed E-state index contributed by atoms with van der Waals surface area (Å²) in [5.41, 5.74) is 0.424. The van der Waals surface area contributed by atoms with Crippen LogP contribution >= 0.6 is 0 Å². The van der Waals surface area contributed by atoms with Crippen molar-refractivity contribution in [3.8, 4) is 0 Å². The Labute approximate surface area is 146 Å². The van der Waals surface area contributed by atoms with E-state index in [4.69, 9.17) is 4.84 Å². The minimum absolute atomic E-state index is 0.241. The molecule has 0 spiro atoms. The van der Waals surface area contributed by atoms with Crippen molar-refractivity contribution >= 4 is 0 Å². The van der Waals surface area contributed by atoms with Gasteiger partial charge in [0.25, 0.3) is 0 Å². The van der Waals surface area contributed by atoms with Gasteiger partial charge in [0.1, 0.15) is 11.8 Å². The molecule has 0 unspecified atom stereocenters. The summed E-state index contributed by atoms with van der Waals surface area (Å²) in [4.78, 5) is 17.2. The smallest absolute Gasteiger partial charge is 0.235 e. The lowest BCUT2D eigenvalue weighted by molar-refractivity contribution is -0.552. The molecule has 3 rings (SSSR count). The van der Waals surface area contributed by atoms with E-state index in [0.29, 0.717) is 6.42 Å². The zero-order chi connectivity index (χ0) is 17.9. The number of hydrogen-bond acceptors (Lipinski definition) is 5. The van der Waals surface area contributed by atoms with Gasteiger partial charge in [-0.1, -0.05) is 60.7 Å². The normalized spacial score (nSPS) is 27.1. The van der Waals surface area contributed by atoms with Crippen LogP contribution in [0.4, 0.5) is 0 Å². The van der Waals surface area contributed by atoms with Crippen molar-refractivity contribution in [1.29, 1.82) is 0 Å². The Morgan fingerprint density at radius 1 is 1.20 bits per heavy atom. The molecule has 6 nitrogen and oxygen atoms in total. The van der Waals surface area contributed by atoms with Crippen LogP contribution < -0.4 is 0 Å². The van der Waals surface area contributed by atoms with Crippen LogP contribution in [0.2, 0.25) is 0 Å². The molecule has 0 radical (unpaired) electrons. The van der Waals surface area contributed by atoms with Crippen molar-refractivity contribution in [2.75, 3.05) is 0 Å². The molecule has 2 aromatic carbocycles. The Morgan fingerprint density at radius 2 is 1.80 bits per heavy atom. The fourth-order valence-corrected chi connectivity index (χ4v) is 3.31. The van der Waals surface area contributed by atoms with Gasteiger partial charge in [0.05, 0.1) is 6.61 Å². The highest BCUT2D eigenvalue weighted by Crippen LogP contribution is 2.40. The van der Waals surface area contributed by atoms with E-state index in [1.54, 1.807) is 6.92 Å². The summed E-state index contributed by atoms with van der Waals surface area (Å²) < 4.78 is 0. The number of aliphatic hydroxyl groups is 1. The van der Waals surface area contributed by atoms with E-state index < -0.39 is 17.8 Å². The third-order valence-electron chi connectivity index (χ3n) is 4.63. The molecular weight excluding hydrogens is 320 g/mol. The minimum Gasteiger partial charge on any atom is -0.374 e. The molecule has 0 bridgehead atoms. The van der Waals surface area contributed by atoms with E-state index in [1.165, 1.54) is 5.06 Å². The summed E-state index contributed by atoms with van der Waals surface area (Å²) >= 11 is 0. The average Bonchev–Trinajstić information content (AvgIpc) is 2.61. The number of hydroxylamine groups is 2. The second-order valence-electron chi connectivity index (χ2n) is 6.55. The van der Waals surface area contributed by atoms with E-state index in [2.05, 4.69) is 0 Å². The topological polar surface area (TPSA) is 75.8 Å². The van der Waals surface area contributed by atoms with Crippen LogP contribution in [0.1, 0.15) is 36.9 Å². The van der Waals surface area contributed by atoms with E-state index in [-0.39, 0.29) is 18.0 Å². The molecule has 0 saturated carbocycles. The molecule has 132 valence electrons. The summed E-state index contributed by atoms with van der Waals surface area (Å²) in [6.45, 7) is 1.88. The first kappa shape index (κ1) is 17.5. The average molecular weight is 342 g/mol.